The zero-order valence-corrected chi connectivity index (χ0v) is 10.5. The molecule has 1 heterocycles. The van der Waals surface area contributed by atoms with E-state index in [2.05, 4.69) is 16.0 Å². The van der Waals surface area contributed by atoms with Gasteiger partial charge in [-0.2, -0.15) is 0 Å². The molecule has 6 heteroatoms. The Kier molecular flexibility index (Phi) is 7.08. The number of carbonyl (C=O) groups excluding carboxylic acids is 2. The molecule has 3 N–H and O–H groups in total. The standard InChI is InChI=1S/C10H19N3O2.ClH/c1-7(9(14)11-2)13-10(15)8-5-3-4-6-12-8;/h7-8,12H,3-6H2,1-2H3,(H,11,14)(H,13,15);1H/t7-,8-;/m1./s1. The van der Waals surface area contributed by atoms with Gasteiger partial charge in [-0.15, -0.1) is 12.4 Å². The van der Waals surface area contributed by atoms with E-state index in [9.17, 15) is 9.59 Å². The van der Waals surface area contributed by atoms with Crippen LogP contribution in [0.4, 0.5) is 0 Å². The molecule has 0 aromatic rings. The van der Waals surface area contributed by atoms with Crippen LogP contribution in [0.2, 0.25) is 0 Å². The number of nitrogens with one attached hydrogen (secondary N) is 3. The Labute approximate surface area is 102 Å². The number of carbonyl (C=O) groups is 2. The zero-order chi connectivity index (χ0) is 11.3. The molecule has 0 aromatic heterocycles. The summed E-state index contributed by atoms with van der Waals surface area (Å²) >= 11 is 0. The van der Waals surface area contributed by atoms with Gasteiger partial charge in [-0.3, -0.25) is 9.59 Å². The number of halogens is 1. The first-order valence-corrected chi connectivity index (χ1v) is 5.40. The topological polar surface area (TPSA) is 70.2 Å². The normalized spacial score (nSPS) is 21.5. The number of rotatable bonds is 3. The van der Waals surface area contributed by atoms with Crippen molar-refractivity contribution in [3.8, 4) is 0 Å². The molecule has 2 atom stereocenters. The lowest BCUT2D eigenvalue weighted by molar-refractivity contribution is -0.129. The maximum absolute atomic E-state index is 11.7. The minimum absolute atomic E-state index is 0. The van der Waals surface area contributed by atoms with Crippen LogP contribution in [0.5, 0.6) is 0 Å². The predicted molar refractivity (Wildman–Crippen MR) is 64.6 cm³/mol. The van der Waals surface area contributed by atoms with Crippen LogP contribution in [-0.2, 0) is 9.59 Å². The number of hydrogen-bond acceptors (Lipinski definition) is 3. The summed E-state index contributed by atoms with van der Waals surface area (Å²) in [5.41, 5.74) is 0. The van der Waals surface area contributed by atoms with Crippen molar-refractivity contribution in [1.82, 2.24) is 16.0 Å². The Hall–Kier alpha value is -0.810. The molecule has 2 amide bonds. The van der Waals surface area contributed by atoms with Gasteiger partial charge in [0.05, 0.1) is 6.04 Å². The Morgan fingerprint density at radius 3 is 2.56 bits per heavy atom. The maximum atomic E-state index is 11.7. The molecule has 5 nitrogen and oxygen atoms in total. The average Bonchev–Trinajstić information content (AvgIpc) is 2.29. The molecular weight excluding hydrogens is 230 g/mol. The number of amides is 2. The second kappa shape index (κ2) is 7.46. The maximum Gasteiger partial charge on any atom is 0.242 e. The summed E-state index contributed by atoms with van der Waals surface area (Å²) in [6.07, 6.45) is 3.04. The smallest absolute Gasteiger partial charge is 0.242 e. The minimum atomic E-state index is -0.466. The molecule has 0 bridgehead atoms. The molecule has 1 saturated heterocycles. The fourth-order valence-corrected chi connectivity index (χ4v) is 1.67. The quantitative estimate of drug-likeness (QED) is 0.649. The highest BCUT2D eigenvalue weighted by Crippen LogP contribution is 2.06. The van der Waals surface area contributed by atoms with Gasteiger partial charge >= 0.3 is 0 Å². The van der Waals surface area contributed by atoms with Crippen LogP contribution < -0.4 is 16.0 Å². The Bertz CT molecular complexity index is 242. The second-order valence-corrected chi connectivity index (χ2v) is 3.85. The van der Waals surface area contributed by atoms with E-state index in [1.54, 1.807) is 14.0 Å². The van der Waals surface area contributed by atoms with Crippen molar-refractivity contribution in [3.63, 3.8) is 0 Å². The highest BCUT2D eigenvalue weighted by atomic mass is 35.5. The Morgan fingerprint density at radius 1 is 1.38 bits per heavy atom. The van der Waals surface area contributed by atoms with Crippen LogP contribution >= 0.6 is 12.4 Å². The summed E-state index contributed by atoms with van der Waals surface area (Å²) in [6, 6.07) is -0.600. The number of hydrogen-bond donors (Lipinski definition) is 3. The molecule has 0 saturated carbocycles. The molecule has 0 aromatic carbocycles. The lowest BCUT2D eigenvalue weighted by Gasteiger charge is -2.24. The number of likely N-dealkylation sites (N-methyl/N-ethyl adjacent to an activating group) is 1. The monoisotopic (exact) mass is 249 g/mol. The third-order valence-corrected chi connectivity index (χ3v) is 2.63. The van der Waals surface area contributed by atoms with E-state index in [1.807, 2.05) is 0 Å². The van der Waals surface area contributed by atoms with Crippen LogP contribution in [0, 0.1) is 0 Å². The average molecular weight is 250 g/mol. The van der Waals surface area contributed by atoms with Crippen LogP contribution in [0.25, 0.3) is 0 Å². The first kappa shape index (κ1) is 15.2. The van der Waals surface area contributed by atoms with Crippen molar-refractivity contribution >= 4 is 24.2 Å². The van der Waals surface area contributed by atoms with Gasteiger partial charge in [0.15, 0.2) is 0 Å². The van der Waals surface area contributed by atoms with Crippen molar-refractivity contribution in [3.05, 3.63) is 0 Å². The largest absolute Gasteiger partial charge is 0.357 e. The molecule has 0 aliphatic carbocycles. The van der Waals surface area contributed by atoms with Gasteiger partial charge in [-0.1, -0.05) is 6.42 Å². The van der Waals surface area contributed by atoms with Crippen molar-refractivity contribution in [2.24, 2.45) is 0 Å². The van der Waals surface area contributed by atoms with E-state index in [0.29, 0.717) is 0 Å². The van der Waals surface area contributed by atoms with Crippen LogP contribution in [0.15, 0.2) is 0 Å². The van der Waals surface area contributed by atoms with Crippen molar-refractivity contribution in [2.45, 2.75) is 38.3 Å². The molecule has 1 aliphatic heterocycles. The minimum Gasteiger partial charge on any atom is -0.357 e. The third kappa shape index (κ3) is 4.37. The van der Waals surface area contributed by atoms with Gasteiger partial charge in [0.1, 0.15) is 6.04 Å². The zero-order valence-electron chi connectivity index (χ0n) is 9.71. The summed E-state index contributed by atoms with van der Waals surface area (Å²) in [5, 5.41) is 8.32. The lowest BCUT2D eigenvalue weighted by atomic mass is 10.0. The van der Waals surface area contributed by atoms with Crippen LogP contribution in [-0.4, -0.2) is 37.5 Å². The Balaban J connectivity index is 0.00000225. The fourth-order valence-electron chi connectivity index (χ4n) is 1.67. The summed E-state index contributed by atoms with van der Waals surface area (Å²) in [6.45, 7) is 2.56. The van der Waals surface area contributed by atoms with Crippen LogP contribution in [0.1, 0.15) is 26.2 Å². The molecule has 0 spiro atoms. The van der Waals surface area contributed by atoms with Crippen molar-refractivity contribution < 1.29 is 9.59 Å². The van der Waals surface area contributed by atoms with Gasteiger partial charge in [0, 0.05) is 7.05 Å². The van der Waals surface area contributed by atoms with E-state index in [-0.39, 0.29) is 30.3 Å². The molecule has 16 heavy (non-hydrogen) atoms. The molecule has 1 aliphatic rings. The van der Waals surface area contributed by atoms with E-state index < -0.39 is 6.04 Å². The molecule has 1 rings (SSSR count). The second-order valence-electron chi connectivity index (χ2n) is 3.85. The van der Waals surface area contributed by atoms with Gasteiger partial charge in [-0.05, 0) is 26.3 Å². The lowest BCUT2D eigenvalue weighted by Crippen LogP contribution is -2.52. The highest BCUT2D eigenvalue weighted by Gasteiger charge is 2.23. The van der Waals surface area contributed by atoms with E-state index >= 15 is 0 Å². The first-order chi connectivity index (χ1) is 7.15. The molecular formula is C10H20ClN3O2. The SMILES string of the molecule is CNC(=O)[C@@H](C)NC(=O)[C@H]1CCCCN1.Cl. The van der Waals surface area contributed by atoms with Gasteiger partial charge in [0.2, 0.25) is 11.8 Å². The third-order valence-electron chi connectivity index (χ3n) is 2.63. The molecule has 94 valence electrons. The fraction of sp³-hybridized carbons (Fsp3) is 0.800. The van der Waals surface area contributed by atoms with Crippen LogP contribution in [0.3, 0.4) is 0 Å². The van der Waals surface area contributed by atoms with Gasteiger partial charge in [-0.25, -0.2) is 0 Å². The summed E-state index contributed by atoms with van der Waals surface area (Å²) in [4.78, 5) is 22.9. The van der Waals surface area contributed by atoms with Crippen molar-refractivity contribution in [2.75, 3.05) is 13.6 Å². The first-order valence-electron chi connectivity index (χ1n) is 5.40. The van der Waals surface area contributed by atoms with E-state index in [0.717, 1.165) is 25.8 Å². The summed E-state index contributed by atoms with van der Waals surface area (Å²) in [5.74, 6) is -0.245. The van der Waals surface area contributed by atoms with Gasteiger partial charge in [0.25, 0.3) is 0 Å². The Morgan fingerprint density at radius 2 is 2.06 bits per heavy atom. The highest BCUT2D eigenvalue weighted by molar-refractivity contribution is 5.89. The van der Waals surface area contributed by atoms with E-state index in [4.69, 9.17) is 0 Å². The number of piperidine rings is 1. The van der Waals surface area contributed by atoms with Crippen molar-refractivity contribution in [1.29, 1.82) is 0 Å². The van der Waals surface area contributed by atoms with Gasteiger partial charge < -0.3 is 16.0 Å². The molecule has 0 radical (unpaired) electrons. The molecule has 1 fully saturated rings. The molecule has 0 unspecified atom stereocenters. The summed E-state index contributed by atoms with van der Waals surface area (Å²) in [7, 11) is 1.56. The van der Waals surface area contributed by atoms with E-state index in [1.165, 1.54) is 0 Å². The predicted octanol–water partition coefficient (Wildman–Crippen LogP) is -0.199. The summed E-state index contributed by atoms with van der Waals surface area (Å²) < 4.78 is 0.